The molecule has 0 radical (unpaired) electrons. The summed E-state index contributed by atoms with van der Waals surface area (Å²) in [6.45, 7) is 2.44. The van der Waals surface area contributed by atoms with Crippen LogP contribution < -0.4 is 11.1 Å². The van der Waals surface area contributed by atoms with Crippen LogP contribution in [0.25, 0.3) is 6.08 Å². The van der Waals surface area contributed by atoms with Crippen molar-refractivity contribution in [3.8, 4) is 0 Å². The van der Waals surface area contributed by atoms with Gasteiger partial charge < -0.3 is 11.1 Å². The number of carbonyl (C=O) groups excluding carboxylic acids is 2. The second-order valence-corrected chi connectivity index (χ2v) is 4.38. The van der Waals surface area contributed by atoms with Gasteiger partial charge in [0, 0.05) is 37.6 Å². The molecule has 0 bridgehead atoms. The highest BCUT2D eigenvalue weighted by Gasteiger charge is 2.14. The van der Waals surface area contributed by atoms with Crippen molar-refractivity contribution in [1.29, 1.82) is 0 Å². The molecule has 0 spiro atoms. The highest BCUT2D eigenvalue weighted by atomic mass is 16.2. The summed E-state index contributed by atoms with van der Waals surface area (Å²) in [4.78, 5) is 23.1. The average molecular weight is 288 g/mol. The van der Waals surface area contributed by atoms with Crippen molar-refractivity contribution in [2.24, 2.45) is 12.8 Å². The number of nitrogens with zero attached hydrogens (tertiary/aromatic N) is 4. The van der Waals surface area contributed by atoms with Crippen LogP contribution in [0.4, 0.5) is 5.69 Å². The van der Waals surface area contributed by atoms with Gasteiger partial charge in [-0.05, 0) is 13.0 Å². The van der Waals surface area contributed by atoms with Gasteiger partial charge in [0.25, 0.3) is 5.91 Å². The smallest absolute Gasteiger partial charge is 0.271 e. The van der Waals surface area contributed by atoms with E-state index in [1.807, 2.05) is 6.92 Å². The van der Waals surface area contributed by atoms with E-state index in [-0.39, 0.29) is 11.6 Å². The van der Waals surface area contributed by atoms with Gasteiger partial charge in [-0.15, -0.1) is 0 Å². The Hall–Kier alpha value is -2.90. The van der Waals surface area contributed by atoms with Crippen LogP contribution in [0.3, 0.4) is 0 Å². The highest BCUT2D eigenvalue weighted by Crippen LogP contribution is 2.13. The third-order valence-corrected chi connectivity index (χ3v) is 2.73. The van der Waals surface area contributed by atoms with Crippen LogP contribution in [0.1, 0.15) is 23.0 Å². The lowest BCUT2D eigenvalue weighted by molar-refractivity contribution is -0.111. The van der Waals surface area contributed by atoms with Crippen LogP contribution in [0.2, 0.25) is 0 Å². The third-order valence-electron chi connectivity index (χ3n) is 2.73. The van der Waals surface area contributed by atoms with Crippen molar-refractivity contribution in [3.05, 3.63) is 35.9 Å². The molecule has 3 N–H and O–H groups in total. The average Bonchev–Trinajstić information content (AvgIpc) is 3.02. The quantitative estimate of drug-likeness (QED) is 0.776. The van der Waals surface area contributed by atoms with E-state index in [9.17, 15) is 9.59 Å². The Balaban J connectivity index is 2.10. The van der Waals surface area contributed by atoms with Crippen LogP contribution in [0.5, 0.6) is 0 Å². The van der Waals surface area contributed by atoms with Gasteiger partial charge in [-0.2, -0.15) is 10.2 Å². The van der Waals surface area contributed by atoms with Gasteiger partial charge in [0.15, 0.2) is 5.69 Å². The molecule has 110 valence electrons. The fourth-order valence-corrected chi connectivity index (χ4v) is 1.73. The van der Waals surface area contributed by atoms with Gasteiger partial charge >= 0.3 is 0 Å². The maximum atomic E-state index is 11.9. The normalized spacial score (nSPS) is 11.0. The standard InChI is InChI=1S/C13H16N6O2/c1-3-19-8-10(12(17-19)13(14)21)16-11(20)5-4-9-6-15-18(2)7-9/h4-8H,3H2,1-2H3,(H2,14,21)(H,16,20)/b5-4+. The number of aryl methyl sites for hydroxylation is 2. The number of carbonyl (C=O) groups is 2. The number of amides is 2. The molecule has 0 saturated heterocycles. The Bertz CT molecular complexity index is 697. The molecular weight excluding hydrogens is 272 g/mol. The van der Waals surface area contributed by atoms with E-state index in [0.717, 1.165) is 5.56 Å². The number of nitrogens with two attached hydrogens (primary N) is 1. The van der Waals surface area contributed by atoms with E-state index in [0.29, 0.717) is 12.2 Å². The predicted molar refractivity (Wildman–Crippen MR) is 77.3 cm³/mol. The summed E-state index contributed by atoms with van der Waals surface area (Å²) in [6.07, 6.45) is 7.94. The lowest BCUT2D eigenvalue weighted by atomic mass is 10.3. The Morgan fingerprint density at radius 2 is 2.19 bits per heavy atom. The molecule has 0 aliphatic heterocycles. The predicted octanol–water partition coefficient (Wildman–Crippen LogP) is 0.387. The van der Waals surface area contributed by atoms with Crippen molar-refractivity contribution < 1.29 is 9.59 Å². The first-order chi connectivity index (χ1) is 9.99. The van der Waals surface area contributed by atoms with Crippen LogP contribution in [0.15, 0.2) is 24.7 Å². The molecule has 21 heavy (non-hydrogen) atoms. The molecule has 2 heterocycles. The summed E-state index contributed by atoms with van der Waals surface area (Å²) >= 11 is 0. The topological polar surface area (TPSA) is 108 Å². The zero-order valence-corrected chi connectivity index (χ0v) is 11.8. The number of hydrogen-bond donors (Lipinski definition) is 2. The first-order valence-corrected chi connectivity index (χ1v) is 6.34. The van der Waals surface area contributed by atoms with E-state index in [1.54, 1.807) is 36.4 Å². The molecule has 2 rings (SSSR count). The lowest BCUT2D eigenvalue weighted by Crippen LogP contribution is -2.16. The summed E-state index contributed by atoms with van der Waals surface area (Å²) in [5.41, 5.74) is 6.37. The Kier molecular flexibility index (Phi) is 4.17. The molecule has 8 heteroatoms. The molecule has 2 aromatic heterocycles. The Morgan fingerprint density at radius 1 is 1.43 bits per heavy atom. The number of anilines is 1. The summed E-state index contributed by atoms with van der Waals surface area (Å²) in [5, 5.41) is 10.6. The summed E-state index contributed by atoms with van der Waals surface area (Å²) in [6, 6.07) is 0. The Labute approximate surface area is 121 Å². The summed E-state index contributed by atoms with van der Waals surface area (Å²) in [5.74, 6) is -1.06. The van der Waals surface area contributed by atoms with Crippen molar-refractivity contribution in [2.45, 2.75) is 13.5 Å². The van der Waals surface area contributed by atoms with E-state index in [2.05, 4.69) is 15.5 Å². The van der Waals surface area contributed by atoms with Gasteiger partial charge in [-0.25, -0.2) is 0 Å². The van der Waals surface area contributed by atoms with Crippen LogP contribution >= 0.6 is 0 Å². The number of aromatic nitrogens is 4. The third kappa shape index (κ3) is 3.56. The highest BCUT2D eigenvalue weighted by molar-refractivity contribution is 6.06. The van der Waals surface area contributed by atoms with E-state index in [1.165, 1.54) is 10.8 Å². The molecule has 2 amide bonds. The largest absolute Gasteiger partial charge is 0.364 e. The van der Waals surface area contributed by atoms with Crippen LogP contribution in [0, 0.1) is 0 Å². The van der Waals surface area contributed by atoms with Crippen molar-refractivity contribution >= 4 is 23.6 Å². The second-order valence-electron chi connectivity index (χ2n) is 4.38. The molecule has 2 aromatic rings. The SMILES string of the molecule is CCn1cc(NC(=O)/C=C/c2cnn(C)c2)c(C(N)=O)n1. The minimum Gasteiger partial charge on any atom is -0.364 e. The summed E-state index contributed by atoms with van der Waals surface area (Å²) < 4.78 is 3.16. The van der Waals surface area contributed by atoms with Gasteiger partial charge in [0.05, 0.1) is 11.9 Å². The van der Waals surface area contributed by atoms with Gasteiger partial charge in [-0.1, -0.05) is 0 Å². The van der Waals surface area contributed by atoms with E-state index >= 15 is 0 Å². The zero-order chi connectivity index (χ0) is 15.4. The minimum atomic E-state index is -0.686. The van der Waals surface area contributed by atoms with Crippen molar-refractivity contribution in [1.82, 2.24) is 19.6 Å². The number of nitrogens with one attached hydrogen (secondary N) is 1. The van der Waals surface area contributed by atoms with E-state index in [4.69, 9.17) is 5.73 Å². The molecular formula is C13H16N6O2. The number of primary amides is 1. The number of hydrogen-bond acceptors (Lipinski definition) is 4. The maximum absolute atomic E-state index is 11.9. The zero-order valence-electron chi connectivity index (χ0n) is 11.8. The fourth-order valence-electron chi connectivity index (χ4n) is 1.73. The first-order valence-electron chi connectivity index (χ1n) is 6.34. The second kappa shape index (κ2) is 6.04. The van der Waals surface area contributed by atoms with Crippen LogP contribution in [-0.2, 0) is 18.4 Å². The minimum absolute atomic E-state index is 0.0416. The molecule has 0 aromatic carbocycles. The van der Waals surface area contributed by atoms with Gasteiger partial charge in [0.1, 0.15) is 0 Å². The molecule has 0 fully saturated rings. The molecule has 8 nitrogen and oxygen atoms in total. The first kappa shape index (κ1) is 14.5. The van der Waals surface area contributed by atoms with Gasteiger partial charge in [0.2, 0.25) is 5.91 Å². The van der Waals surface area contributed by atoms with Crippen molar-refractivity contribution in [3.63, 3.8) is 0 Å². The van der Waals surface area contributed by atoms with Gasteiger partial charge in [-0.3, -0.25) is 19.0 Å². The molecule has 0 aliphatic carbocycles. The lowest BCUT2D eigenvalue weighted by Gasteiger charge is -1.99. The maximum Gasteiger partial charge on any atom is 0.271 e. The van der Waals surface area contributed by atoms with Crippen molar-refractivity contribution in [2.75, 3.05) is 5.32 Å². The molecule has 0 unspecified atom stereocenters. The van der Waals surface area contributed by atoms with Crippen LogP contribution in [-0.4, -0.2) is 31.4 Å². The fraction of sp³-hybridized carbons (Fsp3) is 0.231. The summed E-state index contributed by atoms with van der Waals surface area (Å²) in [7, 11) is 1.79. The molecule has 0 saturated carbocycles. The number of rotatable bonds is 5. The molecule has 0 atom stereocenters. The molecule has 0 aliphatic rings. The Morgan fingerprint density at radius 3 is 2.76 bits per heavy atom. The van der Waals surface area contributed by atoms with E-state index < -0.39 is 5.91 Å². The monoisotopic (exact) mass is 288 g/mol.